The molecular formula is C13H20O2. The lowest BCUT2D eigenvalue weighted by atomic mass is 9.51. The van der Waals surface area contributed by atoms with Gasteiger partial charge < -0.3 is 4.79 Å². The third kappa shape index (κ3) is 1.64. The lowest BCUT2D eigenvalue weighted by Gasteiger charge is -2.51. The number of aldehydes is 1. The highest BCUT2D eigenvalue weighted by atomic mass is 16.1. The van der Waals surface area contributed by atoms with Gasteiger partial charge in [0.2, 0.25) is 0 Å². The summed E-state index contributed by atoms with van der Waals surface area (Å²) in [5.74, 6) is 0.713. The molecule has 2 fully saturated rings. The summed E-state index contributed by atoms with van der Waals surface area (Å²) in [6, 6.07) is 0. The van der Waals surface area contributed by atoms with E-state index in [1.807, 2.05) is 0 Å². The zero-order valence-corrected chi connectivity index (χ0v) is 9.71. The van der Waals surface area contributed by atoms with E-state index in [4.69, 9.17) is 0 Å². The molecule has 2 nitrogen and oxygen atoms in total. The van der Waals surface area contributed by atoms with Gasteiger partial charge >= 0.3 is 0 Å². The zero-order chi connectivity index (χ0) is 11.1. The van der Waals surface area contributed by atoms with Crippen LogP contribution in [0, 0.1) is 16.7 Å². The van der Waals surface area contributed by atoms with E-state index in [0.717, 1.165) is 25.5 Å². The second kappa shape index (κ2) is 3.43. The summed E-state index contributed by atoms with van der Waals surface area (Å²) in [5.41, 5.74) is -0.0725. The first kappa shape index (κ1) is 10.8. The van der Waals surface area contributed by atoms with Crippen LogP contribution in [-0.2, 0) is 9.59 Å². The average Bonchev–Trinajstić information content (AvgIpc) is 2.16. The molecular weight excluding hydrogens is 188 g/mol. The number of fused-ring (bicyclic) bond motifs is 1. The summed E-state index contributed by atoms with van der Waals surface area (Å²) in [4.78, 5) is 22.9. The number of hydrogen-bond acceptors (Lipinski definition) is 2. The number of hydrogen-bond donors (Lipinski definition) is 0. The van der Waals surface area contributed by atoms with Crippen LogP contribution in [0.2, 0.25) is 0 Å². The Bertz CT molecular complexity index is 293. The van der Waals surface area contributed by atoms with Gasteiger partial charge in [-0.1, -0.05) is 20.3 Å². The van der Waals surface area contributed by atoms with E-state index in [9.17, 15) is 9.59 Å². The summed E-state index contributed by atoms with van der Waals surface area (Å²) in [7, 11) is 0. The minimum absolute atomic E-state index is 0.236. The van der Waals surface area contributed by atoms with Crippen LogP contribution in [-0.4, -0.2) is 12.1 Å². The van der Waals surface area contributed by atoms with Gasteiger partial charge in [-0.2, -0.15) is 0 Å². The molecule has 2 heteroatoms. The summed E-state index contributed by atoms with van der Waals surface area (Å²) < 4.78 is 0. The molecule has 0 aliphatic heterocycles. The molecule has 0 aromatic carbocycles. The minimum atomic E-state index is -0.308. The van der Waals surface area contributed by atoms with Crippen LogP contribution in [0.25, 0.3) is 0 Å². The Morgan fingerprint density at radius 2 is 2.07 bits per heavy atom. The number of rotatable bonds is 1. The van der Waals surface area contributed by atoms with E-state index in [2.05, 4.69) is 13.8 Å². The van der Waals surface area contributed by atoms with Crippen molar-refractivity contribution < 1.29 is 9.59 Å². The van der Waals surface area contributed by atoms with Crippen molar-refractivity contribution >= 4 is 12.1 Å². The lowest BCUT2D eigenvalue weighted by molar-refractivity contribution is -0.142. The maximum Gasteiger partial charge on any atom is 0.133 e. The Hall–Kier alpha value is -0.660. The second-order valence-corrected chi connectivity index (χ2v) is 6.00. The Morgan fingerprint density at radius 3 is 2.73 bits per heavy atom. The van der Waals surface area contributed by atoms with Gasteiger partial charge in [-0.15, -0.1) is 0 Å². The number of carbonyl (C=O) groups is 2. The van der Waals surface area contributed by atoms with Crippen molar-refractivity contribution in [2.45, 2.75) is 52.4 Å². The van der Waals surface area contributed by atoms with E-state index in [0.29, 0.717) is 18.8 Å². The predicted molar refractivity (Wildman–Crippen MR) is 58.5 cm³/mol. The van der Waals surface area contributed by atoms with Gasteiger partial charge in [0, 0.05) is 18.3 Å². The van der Waals surface area contributed by atoms with Crippen LogP contribution >= 0.6 is 0 Å². The fraction of sp³-hybridized carbons (Fsp3) is 0.846. The van der Waals surface area contributed by atoms with Gasteiger partial charge in [0.05, 0.1) is 0 Å². The molecule has 0 amide bonds. The maximum absolute atomic E-state index is 11.5. The SMILES string of the molecule is CC1(C)CCCC2(C=O)CC(=O)CC[C@@H]12. The highest BCUT2D eigenvalue weighted by Gasteiger charge is 2.51. The van der Waals surface area contributed by atoms with Crippen LogP contribution in [0.1, 0.15) is 52.4 Å². The van der Waals surface area contributed by atoms with Gasteiger partial charge in [-0.25, -0.2) is 0 Å². The second-order valence-electron chi connectivity index (χ2n) is 6.00. The molecule has 2 atom stereocenters. The quantitative estimate of drug-likeness (QED) is 0.621. The van der Waals surface area contributed by atoms with E-state index in [-0.39, 0.29) is 16.6 Å². The molecule has 0 heterocycles. The molecule has 2 saturated carbocycles. The monoisotopic (exact) mass is 208 g/mol. The first-order valence-corrected chi connectivity index (χ1v) is 5.98. The standard InChI is InChI=1S/C13H20O2/c1-12(2)6-3-7-13(9-14)8-10(15)4-5-11(12)13/h9,11H,3-8H2,1-2H3/t11-,13?/m0/s1. The molecule has 0 aromatic heterocycles. The Morgan fingerprint density at radius 1 is 1.33 bits per heavy atom. The fourth-order valence-electron chi connectivity index (χ4n) is 3.83. The van der Waals surface area contributed by atoms with Crippen molar-refractivity contribution in [3.05, 3.63) is 0 Å². The van der Waals surface area contributed by atoms with E-state index in [1.165, 1.54) is 6.42 Å². The third-order valence-electron chi connectivity index (χ3n) is 4.57. The average molecular weight is 208 g/mol. The Balaban J connectivity index is 2.33. The molecule has 0 N–H and O–H groups in total. The maximum atomic E-state index is 11.5. The number of Topliss-reactive ketones (excluding diaryl/α,β-unsaturated/α-hetero) is 1. The van der Waals surface area contributed by atoms with Crippen molar-refractivity contribution in [3.63, 3.8) is 0 Å². The van der Waals surface area contributed by atoms with Crippen LogP contribution < -0.4 is 0 Å². The van der Waals surface area contributed by atoms with Gasteiger partial charge in [0.1, 0.15) is 12.1 Å². The van der Waals surface area contributed by atoms with Crippen LogP contribution in [0.4, 0.5) is 0 Å². The lowest BCUT2D eigenvalue weighted by Crippen LogP contribution is -2.48. The summed E-state index contributed by atoms with van der Waals surface area (Å²) >= 11 is 0. The summed E-state index contributed by atoms with van der Waals surface area (Å²) in [6.45, 7) is 4.51. The molecule has 84 valence electrons. The van der Waals surface area contributed by atoms with Gasteiger partial charge in [0.25, 0.3) is 0 Å². The highest BCUT2D eigenvalue weighted by Crippen LogP contribution is 2.55. The zero-order valence-electron chi connectivity index (χ0n) is 9.71. The summed E-state index contributed by atoms with van der Waals surface area (Å²) in [5, 5.41) is 0. The first-order chi connectivity index (χ1) is 7.00. The molecule has 0 aromatic rings. The Kier molecular flexibility index (Phi) is 2.48. The van der Waals surface area contributed by atoms with Crippen LogP contribution in [0.15, 0.2) is 0 Å². The largest absolute Gasteiger partial charge is 0.303 e. The summed E-state index contributed by atoms with van der Waals surface area (Å²) in [6.07, 6.45) is 6.42. The molecule has 0 spiro atoms. The highest BCUT2D eigenvalue weighted by molar-refractivity contribution is 5.84. The predicted octanol–water partition coefficient (Wildman–Crippen LogP) is 2.75. The number of carbonyl (C=O) groups excluding carboxylic acids is 2. The van der Waals surface area contributed by atoms with Crippen molar-refractivity contribution in [1.82, 2.24) is 0 Å². The molecule has 2 aliphatic carbocycles. The van der Waals surface area contributed by atoms with Crippen molar-refractivity contribution in [2.75, 3.05) is 0 Å². The van der Waals surface area contributed by atoms with Crippen molar-refractivity contribution in [1.29, 1.82) is 0 Å². The van der Waals surface area contributed by atoms with Crippen molar-refractivity contribution in [2.24, 2.45) is 16.7 Å². The topological polar surface area (TPSA) is 34.1 Å². The minimum Gasteiger partial charge on any atom is -0.303 e. The first-order valence-electron chi connectivity index (χ1n) is 5.98. The van der Waals surface area contributed by atoms with Crippen LogP contribution in [0.5, 0.6) is 0 Å². The Labute approximate surface area is 91.4 Å². The van der Waals surface area contributed by atoms with Gasteiger partial charge in [-0.05, 0) is 30.6 Å². The van der Waals surface area contributed by atoms with E-state index in [1.54, 1.807) is 0 Å². The molecule has 2 rings (SSSR count). The molecule has 1 unspecified atom stereocenters. The molecule has 0 saturated heterocycles. The molecule has 2 aliphatic rings. The normalized spacial score (nSPS) is 39.6. The van der Waals surface area contributed by atoms with Gasteiger partial charge in [-0.3, -0.25) is 4.79 Å². The van der Waals surface area contributed by atoms with Gasteiger partial charge in [0.15, 0.2) is 0 Å². The van der Waals surface area contributed by atoms with E-state index >= 15 is 0 Å². The molecule has 0 bridgehead atoms. The molecule has 0 radical (unpaired) electrons. The molecule has 15 heavy (non-hydrogen) atoms. The fourth-order valence-corrected chi connectivity index (χ4v) is 3.83. The van der Waals surface area contributed by atoms with Crippen LogP contribution in [0.3, 0.4) is 0 Å². The van der Waals surface area contributed by atoms with Crippen molar-refractivity contribution in [3.8, 4) is 0 Å². The van der Waals surface area contributed by atoms with E-state index < -0.39 is 0 Å². The number of ketones is 1. The third-order valence-corrected chi connectivity index (χ3v) is 4.57. The smallest absolute Gasteiger partial charge is 0.133 e.